The summed E-state index contributed by atoms with van der Waals surface area (Å²) in [4.78, 5) is 11.7. The van der Waals surface area contributed by atoms with Crippen molar-refractivity contribution < 1.29 is 14.3 Å². The van der Waals surface area contributed by atoms with Gasteiger partial charge in [-0.2, -0.15) is 0 Å². The Hall–Kier alpha value is -1.55. The molecule has 100 valence electrons. The van der Waals surface area contributed by atoms with Crippen LogP contribution in [0.25, 0.3) is 0 Å². The second-order valence-corrected chi connectivity index (χ2v) is 4.48. The molecule has 18 heavy (non-hydrogen) atoms. The maximum absolute atomic E-state index is 11.7. The average molecular weight is 251 g/mol. The average Bonchev–Trinajstić information content (AvgIpc) is 2.37. The first kappa shape index (κ1) is 14.5. The van der Waals surface area contributed by atoms with Crippen LogP contribution < -0.4 is 10.1 Å². The number of nitrogens with one attached hydrogen (secondary N) is 1. The smallest absolute Gasteiger partial charge is 0.251 e. The molecule has 1 aromatic rings. The van der Waals surface area contributed by atoms with Crippen molar-refractivity contribution in [2.45, 2.75) is 13.8 Å². The quantitative estimate of drug-likeness (QED) is 0.755. The lowest BCUT2D eigenvalue weighted by atomic mass is 10.2. The van der Waals surface area contributed by atoms with Gasteiger partial charge in [0, 0.05) is 19.2 Å². The Morgan fingerprint density at radius 1 is 1.28 bits per heavy atom. The van der Waals surface area contributed by atoms with Gasteiger partial charge in [-0.05, 0) is 30.2 Å². The number of carbonyl (C=O) groups is 1. The van der Waals surface area contributed by atoms with Crippen LogP contribution >= 0.6 is 0 Å². The highest BCUT2D eigenvalue weighted by Gasteiger charge is 2.05. The van der Waals surface area contributed by atoms with E-state index in [9.17, 15) is 4.79 Å². The number of hydrogen-bond donors (Lipinski definition) is 1. The van der Waals surface area contributed by atoms with Crippen LogP contribution in [0.5, 0.6) is 5.75 Å². The predicted octanol–water partition coefficient (Wildman–Crippen LogP) is 2.10. The van der Waals surface area contributed by atoms with Crippen LogP contribution in [-0.2, 0) is 4.74 Å². The standard InChI is InChI=1S/C14H21NO3/c1-11(2)10-18-13-6-4-12(5-7-13)14(16)15-8-9-17-3/h4-7,11H,8-10H2,1-3H3,(H,15,16). The molecule has 4 nitrogen and oxygen atoms in total. The molecule has 0 atom stereocenters. The first-order chi connectivity index (χ1) is 8.63. The molecule has 4 heteroatoms. The first-order valence-corrected chi connectivity index (χ1v) is 6.13. The summed E-state index contributed by atoms with van der Waals surface area (Å²) in [5.41, 5.74) is 0.628. The van der Waals surface area contributed by atoms with Gasteiger partial charge in [0.1, 0.15) is 5.75 Å². The predicted molar refractivity (Wildman–Crippen MR) is 71.0 cm³/mol. The van der Waals surface area contributed by atoms with Crippen molar-refractivity contribution in [1.82, 2.24) is 5.32 Å². The third-order valence-electron chi connectivity index (χ3n) is 2.29. The summed E-state index contributed by atoms with van der Waals surface area (Å²) in [5.74, 6) is 1.18. The third kappa shape index (κ3) is 5.19. The summed E-state index contributed by atoms with van der Waals surface area (Å²) in [6, 6.07) is 7.15. The maximum Gasteiger partial charge on any atom is 0.251 e. The highest BCUT2D eigenvalue weighted by molar-refractivity contribution is 5.94. The fourth-order valence-electron chi connectivity index (χ4n) is 1.33. The van der Waals surface area contributed by atoms with E-state index >= 15 is 0 Å². The molecule has 0 aliphatic rings. The largest absolute Gasteiger partial charge is 0.493 e. The molecule has 0 unspecified atom stereocenters. The fourth-order valence-corrected chi connectivity index (χ4v) is 1.33. The fraction of sp³-hybridized carbons (Fsp3) is 0.500. The zero-order valence-corrected chi connectivity index (χ0v) is 11.2. The monoisotopic (exact) mass is 251 g/mol. The minimum Gasteiger partial charge on any atom is -0.493 e. The van der Waals surface area contributed by atoms with Crippen molar-refractivity contribution in [3.05, 3.63) is 29.8 Å². The number of methoxy groups -OCH3 is 1. The zero-order chi connectivity index (χ0) is 13.4. The number of ether oxygens (including phenoxy) is 2. The van der Waals surface area contributed by atoms with Gasteiger partial charge in [-0.25, -0.2) is 0 Å². The van der Waals surface area contributed by atoms with E-state index in [4.69, 9.17) is 9.47 Å². The van der Waals surface area contributed by atoms with E-state index in [-0.39, 0.29) is 5.91 Å². The van der Waals surface area contributed by atoms with Gasteiger partial charge in [0.25, 0.3) is 5.91 Å². The van der Waals surface area contributed by atoms with Crippen LogP contribution in [0.15, 0.2) is 24.3 Å². The molecule has 0 heterocycles. The minimum atomic E-state index is -0.0949. The second-order valence-electron chi connectivity index (χ2n) is 4.48. The Kier molecular flexibility index (Phi) is 6.22. The molecule has 1 aromatic carbocycles. The molecular weight excluding hydrogens is 230 g/mol. The van der Waals surface area contributed by atoms with E-state index in [2.05, 4.69) is 19.2 Å². The van der Waals surface area contributed by atoms with Crippen molar-refractivity contribution in [2.24, 2.45) is 5.92 Å². The molecule has 0 saturated heterocycles. The second kappa shape index (κ2) is 7.71. The molecule has 0 fully saturated rings. The minimum absolute atomic E-state index is 0.0949. The van der Waals surface area contributed by atoms with Crippen molar-refractivity contribution in [3.8, 4) is 5.75 Å². The lowest BCUT2D eigenvalue weighted by Crippen LogP contribution is -2.26. The van der Waals surface area contributed by atoms with Gasteiger partial charge in [0.15, 0.2) is 0 Å². The van der Waals surface area contributed by atoms with Gasteiger partial charge in [0.2, 0.25) is 0 Å². The van der Waals surface area contributed by atoms with Gasteiger partial charge in [-0.15, -0.1) is 0 Å². The van der Waals surface area contributed by atoms with E-state index in [0.717, 1.165) is 5.75 Å². The van der Waals surface area contributed by atoms with Crippen LogP contribution in [-0.4, -0.2) is 32.8 Å². The van der Waals surface area contributed by atoms with Crippen LogP contribution in [0.4, 0.5) is 0 Å². The Labute approximate surface area is 108 Å². The summed E-state index contributed by atoms with van der Waals surface area (Å²) in [6.07, 6.45) is 0. The summed E-state index contributed by atoms with van der Waals surface area (Å²) < 4.78 is 10.4. The van der Waals surface area contributed by atoms with Crippen molar-refractivity contribution >= 4 is 5.91 Å². The molecule has 0 bridgehead atoms. The molecule has 0 saturated carbocycles. The molecule has 0 aliphatic carbocycles. The molecule has 0 aliphatic heterocycles. The van der Waals surface area contributed by atoms with Crippen molar-refractivity contribution in [1.29, 1.82) is 0 Å². The van der Waals surface area contributed by atoms with E-state index in [1.54, 1.807) is 19.2 Å². The maximum atomic E-state index is 11.7. The summed E-state index contributed by atoms with van der Waals surface area (Å²) in [7, 11) is 1.60. The van der Waals surface area contributed by atoms with E-state index in [1.807, 2.05) is 12.1 Å². The number of amides is 1. The molecule has 0 spiro atoms. The molecule has 0 aromatic heterocycles. The van der Waals surface area contributed by atoms with Crippen molar-refractivity contribution in [2.75, 3.05) is 26.9 Å². The lowest BCUT2D eigenvalue weighted by Gasteiger charge is -2.09. The van der Waals surface area contributed by atoms with E-state index in [0.29, 0.717) is 31.2 Å². The number of carbonyl (C=O) groups excluding carboxylic acids is 1. The topological polar surface area (TPSA) is 47.6 Å². The Morgan fingerprint density at radius 2 is 1.94 bits per heavy atom. The molecule has 1 amide bonds. The number of benzene rings is 1. The summed E-state index contributed by atoms with van der Waals surface area (Å²) in [6.45, 7) is 5.90. The lowest BCUT2D eigenvalue weighted by molar-refractivity contribution is 0.0937. The Morgan fingerprint density at radius 3 is 2.50 bits per heavy atom. The summed E-state index contributed by atoms with van der Waals surface area (Å²) in [5, 5.41) is 2.76. The van der Waals surface area contributed by atoms with E-state index in [1.165, 1.54) is 0 Å². The first-order valence-electron chi connectivity index (χ1n) is 6.13. The number of rotatable bonds is 7. The van der Waals surface area contributed by atoms with Gasteiger partial charge < -0.3 is 14.8 Å². The van der Waals surface area contributed by atoms with Gasteiger partial charge in [-0.3, -0.25) is 4.79 Å². The highest BCUT2D eigenvalue weighted by Crippen LogP contribution is 2.13. The van der Waals surface area contributed by atoms with E-state index < -0.39 is 0 Å². The Balaban J connectivity index is 2.46. The zero-order valence-electron chi connectivity index (χ0n) is 11.2. The van der Waals surface area contributed by atoms with Crippen LogP contribution in [0.1, 0.15) is 24.2 Å². The van der Waals surface area contributed by atoms with Gasteiger partial charge in [-0.1, -0.05) is 13.8 Å². The number of hydrogen-bond acceptors (Lipinski definition) is 3. The van der Waals surface area contributed by atoms with Crippen molar-refractivity contribution in [3.63, 3.8) is 0 Å². The third-order valence-corrected chi connectivity index (χ3v) is 2.29. The van der Waals surface area contributed by atoms with Crippen LogP contribution in [0.3, 0.4) is 0 Å². The Bertz CT molecular complexity index is 360. The highest BCUT2D eigenvalue weighted by atomic mass is 16.5. The SMILES string of the molecule is COCCNC(=O)c1ccc(OCC(C)C)cc1. The molecule has 1 N–H and O–H groups in total. The molecule has 1 rings (SSSR count). The van der Waals surface area contributed by atoms with Crippen LogP contribution in [0, 0.1) is 5.92 Å². The van der Waals surface area contributed by atoms with Crippen LogP contribution in [0.2, 0.25) is 0 Å². The molecular formula is C14H21NO3. The summed E-state index contributed by atoms with van der Waals surface area (Å²) >= 11 is 0. The molecule has 0 radical (unpaired) electrons. The normalized spacial score (nSPS) is 10.4. The van der Waals surface area contributed by atoms with Gasteiger partial charge >= 0.3 is 0 Å². The van der Waals surface area contributed by atoms with Gasteiger partial charge in [0.05, 0.1) is 13.2 Å².